The Morgan fingerprint density at radius 3 is 2.34 bits per heavy atom. The van der Waals surface area contributed by atoms with Crippen molar-refractivity contribution >= 4 is 28.3 Å². The fourth-order valence-electron chi connectivity index (χ4n) is 2.92. The second kappa shape index (κ2) is 10.9. The Kier molecular flexibility index (Phi) is 8.60. The molecule has 0 unspecified atom stereocenters. The van der Waals surface area contributed by atoms with Crippen LogP contribution in [0, 0.1) is 13.8 Å². The van der Waals surface area contributed by atoms with Gasteiger partial charge in [0.2, 0.25) is 5.91 Å². The van der Waals surface area contributed by atoms with Crippen LogP contribution in [0.4, 0.5) is 5.13 Å². The number of nitrogens with one attached hydrogen (secondary N) is 2. The second-order valence-corrected chi connectivity index (χ2v) is 8.07. The number of likely N-dealkylation sites (N-methyl/N-ethyl adjacent to an activating group) is 1. The van der Waals surface area contributed by atoms with Gasteiger partial charge in [-0.1, -0.05) is 0 Å². The van der Waals surface area contributed by atoms with Gasteiger partial charge in [-0.2, -0.15) is 0 Å². The van der Waals surface area contributed by atoms with Crippen molar-refractivity contribution in [1.82, 2.24) is 9.88 Å². The molecule has 0 aliphatic carbocycles. The third-order valence-corrected chi connectivity index (χ3v) is 5.96. The van der Waals surface area contributed by atoms with Gasteiger partial charge in [0, 0.05) is 10.4 Å². The van der Waals surface area contributed by atoms with Crippen LogP contribution in [0.3, 0.4) is 0 Å². The molecule has 29 heavy (non-hydrogen) atoms. The molecule has 0 bridgehead atoms. The zero-order chi connectivity index (χ0) is 21.4. The van der Waals surface area contributed by atoms with Crippen molar-refractivity contribution in [2.24, 2.45) is 0 Å². The van der Waals surface area contributed by atoms with Crippen LogP contribution >= 0.6 is 11.3 Å². The minimum atomic E-state index is -0.241. The van der Waals surface area contributed by atoms with E-state index in [1.165, 1.54) is 16.2 Å². The van der Waals surface area contributed by atoms with Crippen molar-refractivity contribution in [3.05, 3.63) is 40.4 Å². The molecule has 1 aromatic carbocycles. The van der Waals surface area contributed by atoms with Gasteiger partial charge in [0.15, 0.2) is 5.13 Å². The molecule has 1 heterocycles. The van der Waals surface area contributed by atoms with Crippen molar-refractivity contribution in [2.75, 3.05) is 45.2 Å². The summed E-state index contributed by atoms with van der Waals surface area (Å²) < 4.78 is 5.16. The fourth-order valence-corrected chi connectivity index (χ4v) is 3.75. The maximum Gasteiger partial charge on any atom is 0.254 e. The van der Waals surface area contributed by atoms with Crippen LogP contribution in [0.15, 0.2) is 24.3 Å². The van der Waals surface area contributed by atoms with Crippen molar-refractivity contribution in [3.8, 4) is 5.75 Å². The van der Waals surface area contributed by atoms with E-state index in [2.05, 4.69) is 24.1 Å². The number of aryl methyl sites for hydroxylation is 2. The Morgan fingerprint density at radius 2 is 1.83 bits per heavy atom. The summed E-state index contributed by atoms with van der Waals surface area (Å²) in [6.07, 6.45) is 0. The minimum Gasteiger partial charge on any atom is -0.497 e. The zero-order valence-electron chi connectivity index (χ0n) is 17.9. The minimum absolute atomic E-state index is 0.0107. The Hall–Kier alpha value is -2.45. The Labute approximate surface area is 176 Å². The first-order valence-corrected chi connectivity index (χ1v) is 10.7. The summed E-state index contributed by atoms with van der Waals surface area (Å²) in [6, 6.07) is 6.96. The van der Waals surface area contributed by atoms with Gasteiger partial charge in [-0.25, -0.2) is 4.98 Å². The standard InChI is InChI=1S/C21H30N4O3S/c1-6-24(7-2)12-13-25(20(27)17-8-10-18(28-5)11-9-17)14-19(26)23-21-22-15(3)16(4)29-21/h8-11H,6-7,12-14H2,1-5H3,(H,22,23,26)/p+1. The maximum absolute atomic E-state index is 13.1. The number of hydrogen-bond donors (Lipinski definition) is 2. The highest BCUT2D eigenvalue weighted by Gasteiger charge is 2.21. The van der Waals surface area contributed by atoms with Crippen molar-refractivity contribution in [2.45, 2.75) is 27.7 Å². The van der Waals surface area contributed by atoms with Gasteiger partial charge in [-0.05, 0) is 52.0 Å². The van der Waals surface area contributed by atoms with Crippen LogP contribution in [0.2, 0.25) is 0 Å². The van der Waals surface area contributed by atoms with E-state index in [9.17, 15) is 9.59 Å². The number of thiazole rings is 1. The van der Waals surface area contributed by atoms with Gasteiger partial charge >= 0.3 is 0 Å². The molecule has 0 aliphatic rings. The number of quaternary nitrogens is 1. The van der Waals surface area contributed by atoms with Gasteiger partial charge in [0.25, 0.3) is 5.91 Å². The number of anilines is 1. The van der Waals surface area contributed by atoms with Crippen LogP contribution in [0.1, 0.15) is 34.8 Å². The summed E-state index contributed by atoms with van der Waals surface area (Å²) in [5, 5.41) is 3.39. The van der Waals surface area contributed by atoms with Gasteiger partial charge in [0.1, 0.15) is 12.3 Å². The zero-order valence-corrected chi connectivity index (χ0v) is 18.7. The SMILES string of the molecule is CC[NH+](CC)CCN(CC(=O)Nc1nc(C)c(C)s1)C(=O)c1ccc(OC)cc1. The van der Waals surface area contributed by atoms with Gasteiger partial charge in [0.05, 0.1) is 39.0 Å². The summed E-state index contributed by atoms with van der Waals surface area (Å²) in [7, 11) is 1.59. The number of carbonyl (C=O) groups is 2. The van der Waals surface area contributed by atoms with E-state index in [1.54, 1.807) is 36.3 Å². The highest BCUT2D eigenvalue weighted by atomic mass is 32.1. The molecule has 0 aliphatic heterocycles. The quantitative estimate of drug-likeness (QED) is 0.616. The molecule has 0 spiro atoms. The summed E-state index contributed by atoms with van der Waals surface area (Å²) in [5.74, 6) is 0.281. The molecular weight excluding hydrogens is 388 g/mol. The van der Waals surface area contributed by atoms with Crippen molar-refractivity contribution in [3.63, 3.8) is 0 Å². The first kappa shape index (κ1) is 22.8. The number of hydrogen-bond acceptors (Lipinski definition) is 5. The molecule has 0 saturated carbocycles. The van der Waals surface area contributed by atoms with E-state index in [1.807, 2.05) is 13.8 Å². The predicted octanol–water partition coefficient (Wildman–Crippen LogP) is 1.77. The predicted molar refractivity (Wildman–Crippen MR) is 116 cm³/mol. The highest BCUT2D eigenvalue weighted by molar-refractivity contribution is 7.15. The van der Waals surface area contributed by atoms with E-state index in [-0.39, 0.29) is 18.4 Å². The summed E-state index contributed by atoms with van der Waals surface area (Å²) >= 11 is 1.44. The highest BCUT2D eigenvalue weighted by Crippen LogP contribution is 2.21. The Bertz CT molecular complexity index is 796. The number of benzene rings is 1. The molecule has 0 fully saturated rings. The Morgan fingerprint density at radius 1 is 1.17 bits per heavy atom. The normalized spacial score (nSPS) is 10.8. The lowest BCUT2D eigenvalue weighted by atomic mass is 10.2. The number of nitrogens with zero attached hydrogens (tertiary/aromatic N) is 2. The lowest BCUT2D eigenvalue weighted by molar-refractivity contribution is -0.895. The third kappa shape index (κ3) is 6.54. The summed E-state index contributed by atoms with van der Waals surface area (Å²) in [4.78, 5) is 34.1. The lowest BCUT2D eigenvalue weighted by Gasteiger charge is -2.24. The fraction of sp³-hybridized carbons (Fsp3) is 0.476. The number of aromatic nitrogens is 1. The average Bonchev–Trinajstić information content (AvgIpc) is 3.03. The number of rotatable bonds is 10. The number of carbonyl (C=O) groups excluding carboxylic acids is 2. The molecule has 158 valence electrons. The van der Waals surface area contributed by atoms with Crippen LogP contribution < -0.4 is 15.0 Å². The number of amides is 2. The largest absolute Gasteiger partial charge is 0.497 e. The van der Waals surface area contributed by atoms with E-state index in [4.69, 9.17) is 4.74 Å². The van der Waals surface area contributed by atoms with Crippen LogP contribution in [0.25, 0.3) is 0 Å². The molecule has 2 N–H and O–H groups in total. The van der Waals surface area contributed by atoms with Gasteiger partial charge in [-0.3, -0.25) is 9.59 Å². The molecule has 2 rings (SSSR count). The monoisotopic (exact) mass is 419 g/mol. The third-order valence-electron chi connectivity index (χ3n) is 4.97. The number of methoxy groups -OCH3 is 1. The average molecular weight is 420 g/mol. The van der Waals surface area contributed by atoms with E-state index >= 15 is 0 Å². The molecular formula is C21H31N4O3S+. The molecule has 0 saturated heterocycles. The van der Waals surface area contributed by atoms with E-state index in [0.717, 1.165) is 30.2 Å². The molecule has 8 heteroatoms. The molecule has 2 aromatic rings. The van der Waals surface area contributed by atoms with Crippen LogP contribution in [-0.2, 0) is 4.79 Å². The van der Waals surface area contributed by atoms with Crippen molar-refractivity contribution < 1.29 is 19.2 Å². The molecule has 0 atom stereocenters. The first-order chi connectivity index (χ1) is 13.9. The van der Waals surface area contributed by atoms with E-state index < -0.39 is 0 Å². The first-order valence-electron chi connectivity index (χ1n) is 9.88. The molecule has 0 radical (unpaired) electrons. The second-order valence-electron chi connectivity index (χ2n) is 6.87. The smallest absolute Gasteiger partial charge is 0.254 e. The summed E-state index contributed by atoms with van der Waals surface area (Å²) in [5.41, 5.74) is 1.44. The summed E-state index contributed by atoms with van der Waals surface area (Å²) in [6.45, 7) is 11.4. The van der Waals surface area contributed by atoms with E-state index in [0.29, 0.717) is 23.0 Å². The molecule has 2 amide bonds. The van der Waals surface area contributed by atoms with Crippen LogP contribution in [-0.4, -0.2) is 61.5 Å². The number of ether oxygens (including phenoxy) is 1. The maximum atomic E-state index is 13.1. The van der Waals surface area contributed by atoms with Crippen LogP contribution in [0.5, 0.6) is 5.75 Å². The Balaban J connectivity index is 2.11. The molecule has 7 nitrogen and oxygen atoms in total. The molecule has 1 aromatic heterocycles. The van der Waals surface area contributed by atoms with Crippen molar-refractivity contribution in [1.29, 1.82) is 0 Å². The van der Waals surface area contributed by atoms with Gasteiger partial charge in [-0.15, -0.1) is 11.3 Å². The topological polar surface area (TPSA) is 76.0 Å². The lowest BCUT2D eigenvalue weighted by Crippen LogP contribution is -3.12. The van der Waals surface area contributed by atoms with Gasteiger partial charge < -0.3 is 19.9 Å².